The first kappa shape index (κ1) is 65.3. The predicted molar refractivity (Wildman–Crippen MR) is 465 cm³/mol. The summed E-state index contributed by atoms with van der Waals surface area (Å²) >= 11 is 0. The SMILES string of the molecule is CC(C)(C)c1cc(-c2ccccc2)c(N2c3cc(-n4c5ccccc5c5ccc(-c6ccccc6)cc54)ccc3B3c4ccc(-n5c6ccccc6c6ccc(-c7ccccc7)cc65)cc4N(c4c(-c5ccccc5)cc(C(C)(C)C)cc4-c4ccccc4)c4cc(-c5ccccc5)cc2c43)c(-c2ccccc2)c1. The van der Waals surface area contributed by atoms with Gasteiger partial charge >= 0.3 is 0 Å². The fourth-order valence-corrected chi connectivity index (χ4v) is 17.6. The average molecular weight is 1400 g/mol. The van der Waals surface area contributed by atoms with Crippen LogP contribution in [0.15, 0.2) is 370 Å². The van der Waals surface area contributed by atoms with Crippen LogP contribution in [0, 0.1) is 0 Å². The normalized spacial score (nSPS) is 12.6. The first-order valence-corrected chi connectivity index (χ1v) is 38.2. The lowest BCUT2D eigenvalue weighted by Gasteiger charge is -2.46. The van der Waals surface area contributed by atoms with Crippen molar-refractivity contribution in [2.45, 2.75) is 52.4 Å². The van der Waals surface area contributed by atoms with Crippen molar-refractivity contribution in [3.05, 3.63) is 381 Å². The van der Waals surface area contributed by atoms with E-state index in [1.165, 1.54) is 71.3 Å². The second kappa shape index (κ2) is 25.8. The minimum atomic E-state index is -0.288. The highest BCUT2D eigenvalue weighted by atomic mass is 15.2. The maximum Gasteiger partial charge on any atom is 0.252 e. The van der Waals surface area contributed by atoms with Crippen LogP contribution in [-0.4, -0.2) is 15.8 Å². The molecule has 4 nitrogen and oxygen atoms in total. The highest BCUT2D eigenvalue weighted by Gasteiger charge is 2.46. The molecule has 18 aromatic rings. The standard InChI is InChI=1S/C104H79BN4/c1-103(2,3)78-62-86(71-38-20-10-21-39-71)101(87(63-78)72-40-22-11-23-41-72)108-96-66-80(106-92-48-30-28-46-82(92)84-54-50-75(58-94(84)106)68-32-14-7-15-33-68)52-56-90(96)105-91-57-53-81(107-93-49-31-29-47-83(93)85-55-51-76(59-95(85)107)69-34-16-8-17-35-69)67-97(91)109(99-61-77(60-98(108)100(99)105)70-36-18-9-19-37-70)102-88(73-42-24-12-25-43-73)64-79(104(4,5)6)65-89(102)74-44-26-13-27-45-74/h7-67H,1-6H3. The quantitative estimate of drug-likeness (QED) is 0.120. The molecule has 518 valence electrons. The van der Waals surface area contributed by atoms with Crippen LogP contribution in [-0.2, 0) is 10.8 Å². The van der Waals surface area contributed by atoms with E-state index in [0.717, 1.165) is 123 Å². The van der Waals surface area contributed by atoms with Gasteiger partial charge in [0.2, 0.25) is 0 Å². The Kier molecular flexibility index (Phi) is 15.5. The first-order valence-electron chi connectivity index (χ1n) is 38.2. The molecular weight excluding hydrogens is 1320 g/mol. The Morgan fingerprint density at radius 2 is 0.514 bits per heavy atom. The fraction of sp³-hybridized carbons (Fsp3) is 0.0769. The molecule has 4 heterocycles. The molecule has 0 spiro atoms. The van der Waals surface area contributed by atoms with E-state index >= 15 is 0 Å². The van der Waals surface area contributed by atoms with Crippen LogP contribution < -0.4 is 26.2 Å². The molecule has 2 aliphatic rings. The number of hydrogen-bond acceptors (Lipinski definition) is 2. The molecule has 16 aromatic carbocycles. The van der Waals surface area contributed by atoms with Gasteiger partial charge in [0.05, 0.1) is 33.4 Å². The van der Waals surface area contributed by atoms with Crippen molar-refractivity contribution in [3.8, 4) is 89.3 Å². The van der Waals surface area contributed by atoms with Crippen LogP contribution in [0.5, 0.6) is 0 Å². The van der Waals surface area contributed by atoms with E-state index in [-0.39, 0.29) is 17.5 Å². The summed E-state index contributed by atoms with van der Waals surface area (Å²) in [6.45, 7) is 13.9. The molecule has 5 heteroatoms. The molecule has 0 fully saturated rings. The summed E-state index contributed by atoms with van der Waals surface area (Å²) in [5, 5.41) is 4.84. The number of hydrogen-bond donors (Lipinski definition) is 0. The van der Waals surface area contributed by atoms with E-state index < -0.39 is 0 Å². The topological polar surface area (TPSA) is 16.3 Å². The van der Waals surface area contributed by atoms with Crippen LogP contribution in [0.4, 0.5) is 34.1 Å². The van der Waals surface area contributed by atoms with E-state index in [0.29, 0.717) is 0 Å². The van der Waals surface area contributed by atoms with Crippen molar-refractivity contribution in [2.75, 3.05) is 9.80 Å². The van der Waals surface area contributed by atoms with Crippen LogP contribution in [0.3, 0.4) is 0 Å². The summed E-state index contributed by atoms with van der Waals surface area (Å²) in [7, 11) is 0. The number of nitrogens with zero attached hydrogens (tertiary/aromatic N) is 4. The van der Waals surface area contributed by atoms with E-state index in [9.17, 15) is 0 Å². The maximum atomic E-state index is 2.72. The summed E-state index contributed by atoms with van der Waals surface area (Å²) < 4.78 is 5.07. The molecule has 0 saturated carbocycles. The monoisotopic (exact) mass is 1390 g/mol. The summed E-state index contributed by atoms with van der Waals surface area (Å²) in [6.07, 6.45) is 0. The highest BCUT2D eigenvalue weighted by Crippen LogP contribution is 2.56. The lowest BCUT2D eigenvalue weighted by Crippen LogP contribution is -2.61. The molecule has 0 bridgehead atoms. The van der Waals surface area contributed by atoms with Crippen molar-refractivity contribution in [3.63, 3.8) is 0 Å². The highest BCUT2D eigenvalue weighted by molar-refractivity contribution is 7.00. The number of fused-ring (bicyclic) bond motifs is 10. The second-order valence-corrected chi connectivity index (χ2v) is 31.6. The first-order chi connectivity index (χ1) is 53.4. The van der Waals surface area contributed by atoms with Gasteiger partial charge < -0.3 is 18.9 Å². The number of benzene rings is 16. The van der Waals surface area contributed by atoms with Crippen LogP contribution in [0.2, 0.25) is 0 Å². The molecule has 0 radical (unpaired) electrons. The minimum Gasteiger partial charge on any atom is -0.310 e. The van der Waals surface area contributed by atoms with Gasteiger partial charge in [-0.15, -0.1) is 0 Å². The number of rotatable bonds is 11. The van der Waals surface area contributed by atoms with Crippen molar-refractivity contribution >= 4 is 101 Å². The smallest absolute Gasteiger partial charge is 0.252 e. The van der Waals surface area contributed by atoms with Crippen LogP contribution in [0.1, 0.15) is 52.7 Å². The Labute approximate surface area is 638 Å². The molecule has 0 atom stereocenters. The molecule has 0 amide bonds. The zero-order valence-corrected chi connectivity index (χ0v) is 62.1. The van der Waals surface area contributed by atoms with E-state index in [1.54, 1.807) is 0 Å². The summed E-state index contributed by atoms with van der Waals surface area (Å²) in [5.41, 5.74) is 35.3. The van der Waals surface area contributed by atoms with Gasteiger partial charge in [-0.2, -0.15) is 0 Å². The van der Waals surface area contributed by atoms with E-state index in [2.05, 4.69) is 431 Å². The number of anilines is 6. The zero-order chi connectivity index (χ0) is 73.2. The third-order valence-electron chi connectivity index (χ3n) is 23.0. The van der Waals surface area contributed by atoms with Crippen molar-refractivity contribution in [2.24, 2.45) is 0 Å². The van der Waals surface area contributed by atoms with Crippen molar-refractivity contribution < 1.29 is 0 Å². The Bertz CT molecular complexity index is 6090. The maximum absolute atomic E-state index is 2.72. The van der Waals surface area contributed by atoms with Gasteiger partial charge in [0.15, 0.2) is 0 Å². The molecule has 2 aromatic heterocycles. The van der Waals surface area contributed by atoms with Crippen molar-refractivity contribution in [1.82, 2.24) is 9.13 Å². The van der Waals surface area contributed by atoms with Gasteiger partial charge in [-0.25, -0.2) is 0 Å². The minimum absolute atomic E-state index is 0.215. The van der Waals surface area contributed by atoms with Gasteiger partial charge in [0, 0.05) is 77.9 Å². The van der Waals surface area contributed by atoms with Gasteiger partial charge in [-0.05, 0) is 179 Å². The second-order valence-electron chi connectivity index (χ2n) is 31.6. The number of aromatic nitrogens is 2. The average Bonchev–Trinajstić information content (AvgIpc) is 0.977. The third kappa shape index (κ3) is 11.0. The molecule has 0 unspecified atom stereocenters. The molecule has 20 rings (SSSR count). The largest absolute Gasteiger partial charge is 0.310 e. The third-order valence-corrected chi connectivity index (χ3v) is 23.0. The molecule has 0 saturated heterocycles. The van der Waals surface area contributed by atoms with Crippen molar-refractivity contribution in [1.29, 1.82) is 0 Å². The predicted octanol–water partition coefficient (Wildman–Crippen LogP) is 26.2. The lowest BCUT2D eigenvalue weighted by molar-refractivity contribution is 0.590. The fourth-order valence-electron chi connectivity index (χ4n) is 17.6. The summed E-state index contributed by atoms with van der Waals surface area (Å²) in [4.78, 5) is 5.44. The lowest BCUT2D eigenvalue weighted by atomic mass is 9.33. The van der Waals surface area contributed by atoms with Gasteiger partial charge in [0.25, 0.3) is 6.71 Å². The van der Waals surface area contributed by atoms with E-state index in [4.69, 9.17) is 0 Å². The van der Waals surface area contributed by atoms with E-state index in [1.807, 2.05) is 0 Å². The van der Waals surface area contributed by atoms with Gasteiger partial charge in [0.1, 0.15) is 0 Å². The Hall–Kier alpha value is -13.2. The van der Waals surface area contributed by atoms with Crippen LogP contribution >= 0.6 is 0 Å². The summed E-state index contributed by atoms with van der Waals surface area (Å²) in [6, 6.07) is 140. The molecule has 0 N–H and O–H groups in total. The Morgan fingerprint density at radius 1 is 0.220 bits per heavy atom. The molecule has 0 aliphatic carbocycles. The van der Waals surface area contributed by atoms with Gasteiger partial charge in [-0.1, -0.05) is 327 Å². The Morgan fingerprint density at radius 3 is 0.844 bits per heavy atom. The van der Waals surface area contributed by atoms with Gasteiger partial charge in [-0.3, -0.25) is 0 Å². The molecule has 2 aliphatic heterocycles. The Balaban J connectivity index is 0.971. The van der Waals surface area contributed by atoms with Crippen LogP contribution in [0.25, 0.3) is 133 Å². The molecule has 109 heavy (non-hydrogen) atoms. The zero-order valence-electron chi connectivity index (χ0n) is 62.1. The number of para-hydroxylation sites is 2. The summed E-state index contributed by atoms with van der Waals surface area (Å²) in [5.74, 6) is 0. The molecular formula is C104H79BN4.